The van der Waals surface area contributed by atoms with Crippen LogP contribution >= 0.6 is 0 Å². The molecular weight excluding hydrogens is 577 g/mol. The molecule has 4 aromatic rings. The van der Waals surface area contributed by atoms with Gasteiger partial charge in [0.25, 0.3) is 16.6 Å². The van der Waals surface area contributed by atoms with Crippen molar-refractivity contribution in [1.29, 1.82) is 0 Å². The van der Waals surface area contributed by atoms with E-state index in [2.05, 4.69) is 161 Å². The fourth-order valence-electron chi connectivity index (χ4n) is 7.27. The Hall–Kier alpha value is -3.61. The fourth-order valence-corrected chi connectivity index (χ4v) is 20.7. The summed E-state index contributed by atoms with van der Waals surface area (Å²) in [4.78, 5) is 0. The van der Waals surface area contributed by atoms with Gasteiger partial charge in [0.2, 0.25) is 0 Å². The van der Waals surface area contributed by atoms with Gasteiger partial charge in [0.1, 0.15) is 0 Å². The maximum atomic E-state index is 8.61. The maximum Gasteiger partial charge on any atom is 0.251 e. The van der Waals surface area contributed by atoms with Gasteiger partial charge in [-0.1, -0.05) is 162 Å². The van der Waals surface area contributed by atoms with Gasteiger partial charge < -0.3 is 4.12 Å². The summed E-state index contributed by atoms with van der Waals surface area (Å²) in [5.41, 5.74) is 0. The zero-order chi connectivity index (χ0) is 32.2. The summed E-state index contributed by atoms with van der Waals surface area (Å²) in [6, 6.07) is 44.7. The van der Waals surface area contributed by atoms with Crippen molar-refractivity contribution in [3.05, 3.63) is 121 Å². The molecule has 1 nitrogen and oxygen atoms in total. The van der Waals surface area contributed by atoms with Crippen LogP contribution in [-0.2, 0) is 4.12 Å². The predicted octanol–water partition coefficient (Wildman–Crippen LogP) is 8.47. The van der Waals surface area contributed by atoms with Crippen LogP contribution in [0.1, 0.15) is 79.1 Å². The summed E-state index contributed by atoms with van der Waals surface area (Å²) in [5.74, 6) is 5.72. The van der Waals surface area contributed by atoms with E-state index in [0.717, 1.165) is 51.4 Å². The fraction of sp³-hybridized carbons (Fsp3) is 0.333. The normalized spacial score (nSPS) is 12.3. The van der Waals surface area contributed by atoms with Gasteiger partial charge >= 0.3 is 0 Å². The average Bonchev–Trinajstić information content (AvgIpc) is 3.07. The molecular formula is C42H50OSi2. The summed E-state index contributed by atoms with van der Waals surface area (Å²) in [6.45, 7) is 9.85. The highest BCUT2D eigenvalue weighted by atomic mass is 28.4. The highest BCUT2D eigenvalue weighted by Gasteiger charge is 2.61. The van der Waals surface area contributed by atoms with Gasteiger partial charge in [-0.25, -0.2) is 0 Å². The minimum atomic E-state index is -3.02. The third-order valence-electron chi connectivity index (χ3n) is 9.68. The third-order valence-corrected chi connectivity index (χ3v) is 21.0. The van der Waals surface area contributed by atoms with Crippen LogP contribution in [0.4, 0.5) is 0 Å². The molecule has 0 unspecified atom stereocenters. The lowest BCUT2D eigenvalue weighted by Gasteiger charge is -2.55. The Balaban J connectivity index is 2.09. The lowest BCUT2D eigenvalue weighted by Crippen LogP contribution is -2.78. The number of rotatable bonds is 16. The highest BCUT2D eigenvalue weighted by Crippen LogP contribution is 2.49. The minimum Gasteiger partial charge on any atom is -0.441 e. The van der Waals surface area contributed by atoms with Gasteiger partial charge in [-0.3, -0.25) is 0 Å². The van der Waals surface area contributed by atoms with Crippen LogP contribution in [0.15, 0.2) is 121 Å². The lowest BCUT2D eigenvalue weighted by atomic mass is 10.0. The predicted molar refractivity (Wildman–Crippen MR) is 200 cm³/mol. The van der Waals surface area contributed by atoms with Gasteiger partial charge in [0, 0.05) is 12.8 Å². The van der Waals surface area contributed by atoms with Crippen molar-refractivity contribution >= 4 is 37.4 Å². The van der Waals surface area contributed by atoms with E-state index in [1.807, 2.05) is 0 Å². The van der Waals surface area contributed by atoms with E-state index >= 15 is 0 Å². The second-order valence-electron chi connectivity index (χ2n) is 13.5. The second kappa shape index (κ2) is 15.6. The molecule has 0 atom stereocenters. The van der Waals surface area contributed by atoms with Crippen molar-refractivity contribution in [3.8, 4) is 24.7 Å². The number of hydrogen-bond acceptors (Lipinski definition) is 1. The Kier molecular flexibility index (Phi) is 11.9. The summed E-state index contributed by atoms with van der Waals surface area (Å²) in [5, 5.41) is 5.00. The largest absolute Gasteiger partial charge is 0.441 e. The molecule has 3 heteroatoms. The molecule has 4 aromatic carbocycles. The van der Waals surface area contributed by atoms with Crippen molar-refractivity contribution in [1.82, 2.24) is 0 Å². The van der Waals surface area contributed by atoms with E-state index in [9.17, 15) is 0 Å². The molecule has 4 rings (SSSR count). The molecule has 45 heavy (non-hydrogen) atoms. The topological polar surface area (TPSA) is 9.23 Å². The van der Waals surface area contributed by atoms with Crippen LogP contribution in [0.25, 0.3) is 0 Å². The molecule has 0 saturated heterocycles. The zero-order valence-corrected chi connectivity index (χ0v) is 29.8. The first-order chi connectivity index (χ1) is 21.7. The van der Waals surface area contributed by atoms with Crippen molar-refractivity contribution in [2.45, 2.75) is 89.1 Å². The van der Waals surface area contributed by atoms with E-state index in [4.69, 9.17) is 17.0 Å². The first-order valence-electron chi connectivity index (χ1n) is 16.5. The number of benzene rings is 4. The van der Waals surface area contributed by atoms with Gasteiger partial charge in [-0.15, -0.1) is 24.7 Å². The first-order valence-corrected chi connectivity index (χ1v) is 20.4. The molecule has 232 valence electrons. The van der Waals surface area contributed by atoms with E-state index in [-0.39, 0.29) is 10.1 Å². The summed E-state index contributed by atoms with van der Waals surface area (Å²) >= 11 is 0. The highest BCUT2D eigenvalue weighted by molar-refractivity contribution is 7.11. The van der Waals surface area contributed by atoms with Crippen molar-refractivity contribution in [3.63, 3.8) is 0 Å². The number of unbranched alkanes of at least 4 members (excludes halogenated alkanes) is 4. The Bertz CT molecular complexity index is 1330. The Labute approximate surface area is 275 Å². The van der Waals surface area contributed by atoms with Crippen LogP contribution in [-0.4, -0.2) is 16.6 Å². The Morgan fingerprint density at radius 2 is 0.733 bits per heavy atom. The molecule has 0 fully saturated rings. The molecule has 0 heterocycles. The lowest BCUT2D eigenvalue weighted by molar-refractivity contribution is 0.420. The van der Waals surface area contributed by atoms with E-state index < -0.39 is 16.6 Å². The summed E-state index contributed by atoms with van der Waals surface area (Å²) < 4.78 is 8.61. The molecule has 0 aliphatic heterocycles. The Morgan fingerprint density at radius 3 is 0.978 bits per heavy atom. The van der Waals surface area contributed by atoms with Crippen LogP contribution in [0.5, 0.6) is 0 Å². The molecule has 0 saturated carbocycles. The van der Waals surface area contributed by atoms with Gasteiger partial charge in [0.05, 0.1) is 0 Å². The summed E-state index contributed by atoms with van der Waals surface area (Å²) in [7, 11) is -6.05. The SMILES string of the molecule is C#CCCCCC(C)(C)[Si](O[Si](c1ccccc1)(c1ccccc1)C(C)(C)CCCCC#C)(c1ccccc1)c1ccccc1. The van der Waals surface area contributed by atoms with Crippen LogP contribution in [0.3, 0.4) is 0 Å². The van der Waals surface area contributed by atoms with Crippen LogP contribution < -0.4 is 20.7 Å². The number of hydrogen-bond donors (Lipinski definition) is 0. The third kappa shape index (κ3) is 7.29. The van der Waals surface area contributed by atoms with Crippen molar-refractivity contribution in [2.24, 2.45) is 0 Å². The second-order valence-corrected chi connectivity index (χ2v) is 22.1. The first kappa shape index (κ1) is 34.3. The van der Waals surface area contributed by atoms with Crippen molar-refractivity contribution < 1.29 is 4.12 Å². The van der Waals surface area contributed by atoms with E-state index in [1.54, 1.807) is 0 Å². The molecule has 0 spiro atoms. The smallest absolute Gasteiger partial charge is 0.251 e. The zero-order valence-electron chi connectivity index (χ0n) is 27.8. The van der Waals surface area contributed by atoms with Crippen LogP contribution in [0, 0.1) is 24.7 Å². The monoisotopic (exact) mass is 626 g/mol. The molecule has 0 aromatic heterocycles. The standard InChI is InChI=1S/C42H50OSi2/c1-7-9-11-25-35-41(3,4)44(37-27-17-13-18-28-37,38-29-19-14-20-30-38)43-45(39-31-21-15-22-32-39,40-33-23-16-24-34-40)42(5,6)36-26-12-10-8-2/h1-2,13-24,27-34H,9-12,25-26,35-36H2,3-6H3. The maximum absolute atomic E-state index is 8.61. The number of terminal acetylenes is 2. The molecule has 0 aliphatic rings. The quantitative estimate of drug-likeness (QED) is 0.0689. The molecule has 0 N–H and O–H groups in total. The molecule has 0 bridgehead atoms. The molecule has 0 amide bonds. The van der Waals surface area contributed by atoms with E-state index in [0.29, 0.717) is 0 Å². The van der Waals surface area contributed by atoms with E-state index in [1.165, 1.54) is 20.7 Å². The minimum absolute atomic E-state index is 0.147. The van der Waals surface area contributed by atoms with Gasteiger partial charge in [-0.2, -0.15) is 0 Å². The molecule has 0 radical (unpaired) electrons. The molecule has 0 aliphatic carbocycles. The Morgan fingerprint density at radius 1 is 0.467 bits per heavy atom. The summed E-state index contributed by atoms with van der Waals surface area (Å²) in [6.07, 6.45) is 19.2. The van der Waals surface area contributed by atoms with Crippen molar-refractivity contribution in [2.75, 3.05) is 0 Å². The van der Waals surface area contributed by atoms with Gasteiger partial charge in [-0.05, 0) is 56.5 Å². The van der Waals surface area contributed by atoms with Crippen LogP contribution in [0.2, 0.25) is 10.1 Å². The average molecular weight is 627 g/mol. The van der Waals surface area contributed by atoms with Gasteiger partial charge in [0.15, 0.2) is 0 Å².